The van der Waals surface area contributed by atoms with Crippen LogP contribution in [0.15, 0.2) is 47.6 Å². The number of carbonyl (C=O) groups excluding carboxylic acids is 3. The topological polar surface area (TPSA) is 364 Å². The highest BCUT2D eigenvalue weighted by molar-refractivity contribution is 8.14. The van der Waals surface area contributed by atoms with Crippen LogP contribution in [0.4, 0.5) is 5.82 Å². The van der Waals surface area contributed by atoms with Crippen molar-refractivity contribution in [2.45, 2.75) is 104 Å². The molecular weight excluding hydrogens is 927 g/mol. The van der Waals surface area contributed by atoms with Crippen LogP contribution in [0.1, 0.15) is 79.9 Å². The smallest absolute Gasteiger partial charge is 0.386 e. The number of hydrogen-bond donors (Lipinski definition) is 9. The number of allylic oxidation sites excluding steroid dienone is 5. The van der Waals surface area contributed by atoms with E-state index in [-0.39, 0.29) is 41.6 Å². The normalized spacial score (nSPS) is 20.9. The first-order valence-corrected chi connectivity index (χ1v) is 25.2. The van der Waals surface area contributed by atoms with Gasteiger partial charge in [0.05, 0.1) is 19.5 Å². The van der Waals surface area contributed by atoms with E-state index in [1.807, 2.05) is 6.92 Å². The lowest BCUT2D eigenvalue weighted by molar-refractivity contribution is -0.137. The van der Waals surface area contributed by atoms with Gasteiger partial charge in [0, 0.05) is 30.7 Å². The summed E-state index contributed by atoms with van der Waals surface area (Å²) >= 11 is 1.05. The Morgan fingerprint density at radius 3 is 2.28 bits per heavy atom. The SMILES string of the molecule is CC(C)=CCC/C(C)=C/CC/C(C)=C/C(=O)SCCNC(=O)CCNC(=O)[C@H](O)C(C)(C)COP(=O)(O)OP(=O)(O)OC[C@H]1O[C@@H](n2cnc3c(N)ncnc32)[C@H](O)[C@@H]1OP(=O)(O)O. The van der Waals surface area contributed by atoms with Crippen LogP contribution in [0.3, 0.4) is 0 Å². The highest BCUT2D eigenvalue weighted by Crippen LogP contribution is 2.61. The zero-order chi connectivity index (χ0) is 48.0. The number of imidazole rings is 1. The molecule has 2 amide bonds. The van der Waals surface area contributed by atoms with Gasteiger partial charge in [-0.3, -0.25) is 32.5 Å². The van der Waals surface area contributed by atoms with Gasteiger partial charge in [-0.05, 0) is 59.5 Å². The number of nitrogens with zero attached hydrogens (tertiary/aromatic N) is 4. The van der Waals surface area contributed by atoms with Crippen molar-refractivity contribution in [3.8, 4) is 0 Å². The van der Waals surface area contributed by atoms with Gasteiger partial charge in [0.25, 0.3) is 0 Å². The molecule has 10 N–H and O–H groups in total. The van der Waals surface area contributed by atoms with Gasteiger partial charge >= 0.3 is 23.5 Å². The monoisotopic (exact) mass is 985 g/mol. The van der Waals surface area contributed by atoms with Crippen molar-refractivity contribution in [3.63, 3.8) is 0 Å². The van der Waals surface area contributed by atoms with E-state index in [9.17, 15) is 57.9 Å². The Bertz CT molecular complexity index is 2180. The van der Waals surface area contributed by atoms with Crippen LogP contribution in [-0.4, -0.2) is 123 Å². The van der Waals surface area contributed by atoms with Crippen molar-refractivity contribution in [3.05, 3.63) is 47.6 Å². The molecule has 0 bridgehead atoms. The van der Waals surface area contributed by atoms with Gasteiger partial charge in [-0.2, -0.15) is 4.31 Å². The highest BCUT2D eigenvalue weighted by Gasteiger charge is 2.50. The maximum Gasteiger partial charge on any atom is 0.481 e. The molecule has 24 nitrogen and oxygen atoms in total. The second-order valence-electron chi connectivity index (χ2n) is 15.6. The summed E-state index contributed by atoms with van der Waals surface area (Å²) in [6, 6.07) is 0. The van der Waals surface area contributed by atoms with E-state index in [4.69, 9.17) is 19.5 Å². The van der Waals surface area contributed by atoms with Crippen LogP contribution in [0, 0.1) is 5.41 Å². The first-order valence-electron chi connectivity index (χ1n) is 19.7. The number of nitrogens with two attached hydrogens (primary N) is 1. The molecular formula is C36H58N7O17P3S. The molecule has 2 aromatic heterocycles. The van der Waals surface area contributed by atoms with Crippen LogP contribution in [-0.2, 0) is 50.7 Å². The van der Waals surface area contributed by atoms with Gasteiger partial charge in [-0.1, -0.05) is 54.5 Å². The second kappa shape index (κ2) is 24.5. The van der Waals surface area contributed by atoms with E-state index in [2.05, 4.69) is 67.3 Å². The van der Waals surface area contributed by atoms with Crippen LogP contribution in [0.25, 0.3) is 11.2 Å². The van der Waals surface area contributed by atoms with E-state index in [0.717, 1.165) is 60.2 Å². The number of carbonyl (C=O) groups is 3. The zero-order valence-corrected chi connectivity index (χ0v) is 39.6. The standard InChI is InChI=1S/C36H58N7O17P3S/c1-22(2)9-7-10-23(3)11-8-12-24(4)17-27(45)64-16-15-38-26(44)13-14-39-34(48)31(47)36(5,6)19-57-63(54,55)60-62(52,53)56-18-25-30(59-61(49,50)51)29(46)35(58-25)43-21-42-28-32(37)40-20-41-33(28)43/h9,11,17,20-21,25,29-31,35,46-47H,7-8,10,12-16,18-19H2,1-6H3,(H,38,44)(H,39,48)(H,52,53)(H,54,55)(H2,37,40,41)(H2,49,50,51)/b23-11+,24-17+/t25-,29-,30-,31+,35-/m1/s1. The third-order valence-electron chi connectivity index (χ3n) is 9.23. The van der Waals surface area contributed by atoms with Crippen molar-refractivity contribution >= 4 is 69.1 Å². The van der Waals surface area contributed by atoms with Crippen molar-refractivity contribution in [2.24, 2.45) is 5.41 Å². The maximum atomic E-state index is 12.7. The first kappa shape index (κ1) is 55.1. The maximum absolute atomic E-state index is 12.7. The highest BCUT2D eigenvalue weighted by atomic mass is 32.2. The minimum absolute atomic E-state index is 0.0297. The van der Waals surface area contributed by atoms with Gasteiger partial charge in [0.2, 0.25) is 16.9 Å². The summed E-state index contributed by atoms with van der Waals surface area (Å²) in [6.07, 6.45) is 2.61. The Morgan fingerprint density at radius 2 is 1.61 bits per heavy atom. The summed E-state index contributed by atoms with van der Waals surface area (Å²) < 4.78 is 62.4. The lowest BCUT2D eigenvalue weighted by Gasteiger charge is -2.30. The summed E-state index contributed by atoms with van der Waals surface area (Å²) in [6.45, 7) is 8.60. The number of ether oxygens (including phenoxy) is 1. The van der Waals surface area contributed by atoms with E-state index in [1.165, 1.54) is 25.0 Å². The lowest BCUT2D eigenvalue weighted by atomic mass is 9.87. The number of nitrogen functional groups attached to an aromatic ring is 1. The van der Waals surface area contributed by atoms with E-state index < -0.39 is 84.6 Å². The van der Waals surface area contributed by atoms with Gasteiger partial charge in [0.1, 0.15) is 36.3 Å². The molecule has 360 valence electrons. The molecule has 0 radical (unpaired) electrons. The van der Waals surface area contributed by atoms with Crippen LogP contribution >= 0.6 is 35.2 Å². The van der Waals surface area contributed by atoms with Crippen molar-refractivity contribution in [1.82, 2.24) is 30.2 Å². The van der Waals surface area contributed by atoms with E-state index in [1.54, 1.807) is 6.08 Å². The molecule has 2 unspecified atom stereocenters. The third-order valence-corrected chi connectivity index (χ3v) is 13.1. The lowest BCUT2D eigenvalue weighted by Crippen LogP contribution is -2.46. The number of aromatic nitrogens is 4. The van der Waals surface area contributed by atoms with Crippen molar-refractivity contribution in [1.29, 1.82) is 0 Å². The molecule has 28 heteroatoms. The Hall–Kier alpha value is -3.22. The minimum Gasteiger partial charge on any atom is -0.386 e. The number of amides is 2. The number of nitrogens with one attached hydrogen (secondary N) is 2. The molecule has 64 heavy (non-hydrogen) atoms. The molecule has 3 rings (SSSR count). The predicted molar refractivity (Wildman–Crippen MR) is 233 cm³/mol. The Kier molecular flexibility index (Phi) is 21.1. The molecule has 1 fully saturated rings. The number of phosphoric acid groups is 3. The number of phosphoric ester groups is 3. The summed E-state index contributed by atoms with van der Waals surface area (Å²) in [4.78, 5) is 88.4. The van der Waals surface area contributed by atoms with Gasteiger partial charge < -0.3 is 50.9 Å². The molecule has 2 aromatic rings. The fourth-order valence-corrected chi connectivity index (χ4v) is 9.35. The summed E-state index contributed by atoms with van der Waals surface area (Å²) in [5.74, 6) is -1.14. The number of rotatable bonds is 26. The van der Waals surface area contributed by atoms with Gasteiger partial charge in [0.15, 0.2) is 17.7 Å². The minimum atomic E-state index is -5.58. The summed E-state index contributed by atoms with van der Waals surface area (Å²) in [5, 5.41) is 26.4. The number of thioether (sulfide) groups is 1. The van der Waals surface area contributed by atoms with E-state index >= 15 is 0 Å². The number of hydrogen-bond acceptors (Lipinski definition) is 18. The largest absolute Gasteiger partial charge is 0.481 e. The van der Waals surface area contributed by atoms with E-state index in [0.29, 0.717) is 5.75 Å². The molecule has 0 aliphatic carbocycles. The zero-order valence-electron chi connectivity index (χ0n) is 36.1. The summed E-state index contributed by atoms with van der Waals surface area (Å²) in [7, 11) is -16.4. The first-order chi connectivity index (χ1) is 29.7. The number of aliphatic hydroxyl groups is 2. The second-order valence-corrected chi connectivity index (χ2v) is 21.0. The number of aliphatic hydroxyl groups excluding tert-OH is 2. The molecule has 7 atom stereocenters. The Balaban J connectivity index is 1.41. The van der Waals surface area contributed by atoms with Crippen LogP contribution in [0.5, 0.6) is 0 Å². The molecule has 3 heterocycles. The number of anilines is 1. The Labute approximate surface area is 373 Å². The fourth-order valence-electron chi connectivity index (χ4n) is 5.83. The van der Waals surface area contributed by atoms with Crippen molar-refractivity contribution in [2.75, 3.05) is 37.8 Å². The predicted octanol–water partition coefficient (Wildman–Crippen LogP) is 3.08. The number of fused-ring (bicyclic) bond motifs is 1. The molecule has 0 saturated carbocycles. The quantitative estimate of drug-likeness (QED) is 0.0283. The molecule has 0 aromatic carbocycles. The molecule has 0 spiro atoms. The average molecular weight is 986 g/mol. The Morgan fingerprint density at radius 1 is 0.953 bits per heavy atom. The molecule has 1 saturated heterocycles. The summed E-state index contributed by atoms with van der Waals surface area (Å²) in [5.41, 5.74) is 7.81. The molecule has 1 aliphatic heterocycles. The van der Waals surface area contributed by atoms with Crippen molar-refractivity contribution < 1.29 is 80.5 Å². The molecule has 1 aliphatic rings. The third kappa shape index (κ3) is 18.6. The van der Waals surface area contributed by atoms with Gasteiger partial charge in [-0.25, -0.2) is 28.6 Å². The average Bonchev–Trinajstić information content (AvgIpc) is 3.74. The fraction of sp³-hybridized carbons (Fsp3) is 0.611. The van der Waals surface area contributed by atoms with Crippen LogP contribution < -0.4 is 16.4 Å². The van der Waals surface area contributed by atoms with Gasteiger partial charge in [-0.15, -0.1) is 0 Å². The van der Waals surface area contributed by atoms with Crippen LogP contribution in [0.2, 0.25) is 0 Å².